The molecule has 3 atom stereocenters. The number of aryl methyl sites for hydroxylation is 1. The Hall–Kier alpha value is -6.38. The van der Waals surface area contributed by atoms with Crippen LogP contribution in [0.3, 0.4) is 0 Å². The molecule has 3 aliphatic rings. The van der Waals surface area contributed by atoms with Crippen LogP contribution in [0.4, 0.5) is 17.1 Å². The Kier molecular flexibility index (Phi) is 9.32. The monoisotopic (exact) mass is 752 g/mol. The van der Waals surface area contributed by atoms with Crippen molar-refractivity contribution in [2.24, 2.45) is 16.7 Å². The normalized spacial score (nSPS) is 21.6. The molecule has 3 unspecified atom stereocenters. The first kappa shape index (κ1) is 37.2. The highest BCUT2D eigenvalue weighted by atomic mass is 15.2. The van der Waals surface area contributed by atoms with Crippen LogP contribution in [0.15, 0.2) is 212 Å². The van der Waals surface area contributed by atoms with Crippen LogP contribution in [-0.4, -0.2) is 5.54 Å². The fraction of sp³-hybridized carbons (Fsp3) is 0.179. The van der Waals surface area contributed by atoms with Crippen molar-refractivity contribution in [3.05, 3.63) is 234 Å². The van der Waals surface area contributed by atoms with Gasteiger partial charge in [0, 0.05) is 45.9 Å². The van der Waals surface area contributed by atoms with E-state index in [1.807, 2.05) is 0 Å². The van der Waals surface area contributed by atoms with Crippen LogP contribution < -0.4 is 9.80 Å². The van der Waals surface area contributed by atoms with Crippen molar-refractivity contribution in [1.82, 2.24) is 0 Å². The summed E-state index contributed by atoms with van der Waals surface area (Å²) in [6.07, 6.45) is 14.5. The topological polar surface area (TPSA) is 6.48 Å². The molecule has 0 spiro atoms. The highest BCUT2D eigenvalue weighted by Gasteiger charge is 2.54. The summed E-state index contributed by atoms with van der Waals surface area (Å²) in [4.78, 5) is 4.84. The molecule has 0 aromatic heterocycles. The Labute approximate surface area is 345 Å². The molecular formula is C56H52N2. The van der Waals surface area contributed by atoms with E-state index in [1.165, 1.54) is 50.2 Å². The van der Waals surface area contributed by atoms with E-state index in [1.54, 1.807) is 5.57 Å². The van der Waals surface area contributed by atoms with Crippen LogP contribution in [0.25, 0.3) is 22.3 Å². The molecule has 6 aromatic rings. The molecule has 2 aliphatic carbocycles. The van der Waals surface area contributed by atoms with Crippen LogP contribution in [0.2, 0.25) is 0 Å². The van der Waals surface area contributed by atoms with E-state index in [9.17, 15) is 0 Å². The highest BCUT2D eigenvalue weighted by molar-refractivity contribution is 5.86. The second kappa shape index (κ2) is 14.5. The number of allylic oxidation sites excluding steroid dienone is 5. The maximum absolute atomic E-state index is 2.53. The summed E-state index contributed by atoms with van der Waals surface area (Å²) in [6.45, 7) is 14.1. The number of rotatable bonds is 8. The molecule has 2 heteroatoms. The minimum Gasteiger partial charge on any atom is -0.334 e. The maximum atomic E-state index is 2.53. The molecule has 0 fully saturated rings. The lowest BCUT2D eigenvalue weighted by atomic mass is 9.53. The molecular weight excluding hydrogens is 701 g/mol. The van der Waals surface area contributed by atoms with Gasteiger partial charge in [-0.2, -0.15) is 0 Å². The van der Waals surface area contributed by atoms with E-state index in [2.05, 4.69) is 252 Å². The molecule has 1 heterocycles. The molecule has 0 saturated heterocycles. The zero-order valence-corrected chi connectivity index (χ0v) is 34.5. The summed E-state index contributed by atoms with van der Waals surface area (Å²) in [5.41, 5.74) is 15.6. The van der Waals surface area contributed by atoms with E-state index in [0.717, 1.165) is 16.9 Å². The molecule has 2 nitrogen and oxygen atoms in total. The first-order valence-electron chi connectivity index (χ1n) is 20.7. The van der Waals surface area contributed by atoms with Gasteiger partial charge in [0.05, 0.1) is 5.54 Å². The average Bonchev–Trinajstić information content (AvgIpc) is 3.25. The molecule has 0 saturated carbocycles. The number of hydrogen-bond donors (Lipinski definition) is 0. The van der Waals surface area contributed by atoms with Gasteiger partial charge in [-0.25, -0.2) is 0 Å². The fourth-order valence-corrected chi connectivity index (χ4v) is 9.74. The summed E-state index contributed by atoms with van der Waals surface area (Å²) in [7, 11) is 0. The molecule has 0 bridgehead atoms. The fourth-order valence-electron chi connectivity index (χ4n) is 9.74. The Balaban J connectivity index is 1.10. The van der Waals surface area contributed by atoms with Crippen LogP contribution in [0, 0.1) is 23.7 Å². The van der Waals surface area contributed by atoms with E-state index in [0.29, 0.717) is 5.92 Å². The SMILES string of the molecule is Cc1ccc(N(C=C(c2ccccc2)c2ccccc2)c2ccc(-c3ccc(N4C=C(c5ccccc5)C5(C)C=CC(C)C6=C5C4(C)C=CC6(C)C)cc3)cc2)cc1. The largest absolute Gasteiger partial charge is 0.334 e. The van der Waals surface area contributed by atoms with Gasteiger partial charge < -0.3 is 9.80 Å². The van der Waals surface area contributed by atoms with Gasteiger partial charge in [-0.1, -0.05) is 184 Å². The third-order valence-corrected chi connectivity index (χ3v) is 12.8. The first-order chi connectivity index (χ1) is 28.0. The van der Waals surface area contributed by atoms with Gasteiger partial charge in [-0.15, -0.1) is 0 Å². The zero-order valence-electron chi connectivity index (χ0n) is 34.5. The van der Waals surface area contributed by atoms with E-state index >= 15 is 0 Å². The number of nitrogens with zero attached hydrogens (tertiary/aromatic N) is 2. The van der Waals surface area contributed by atoms with Crippen molar-refractivity contribution in [2.75, 3.05) is 9.80 Å². The lowest BCUT2D eigenvalue weighted by Crippen LogP contribution is -2.55. The Morgan fingerprint density at radius 1 is 0.569 bits per heavy atom. The van der Waals surface area contributed by atoms with Gasteiger partial charge in [-0.3, -0.25) is 0 Å². The molecule has 9 rings (SSSR count). The van der Waals surface area contributed by atoms with E-state index in [4.69, 9.17) is 0 Å². The standard InChI is InChI=1S/C56H52N2/c1-40-22-28-47(29-23-40)57(38-50(44-16-10-7-11-17-44)45-18-12-8-13-19-45)48-30-24-42(25-31-48)43-26-32-49(33-27-43)58-39-51(46-20-14-9-15-21-46)55(5)35-34-41(2)52-53(55)56(58,6)37-36-54(52,3)4/h7-39,41H,1-6H3. The lowest BCUT2D eigenvalue weighted by molar-refractivity contribution is 0.402. The van der Waals surface area contributed by atoms with Crippen molar-refractivity contribution in [2.45, 2.75) is 47.1 Å². The molecule has 58 heavy (non-hydrogen) atoms. The summed E-state index contributed by atoms with van der Waals surface area (Å²) >= 11 is 0. The second-order valence-electron chi connectivity index (χ2n) is 17.2. The predicted molar refractivity (Wildman–Crippen MR) is 247 cm³/mol. The maximum Gasteiger partial charge on any atom is 0.0827 e. The quantitative estimate of drug-likeness (QED) is 0.143. The van der Waals surface area contributed by atoms with Crippen LogP contribution in [0.5, 0.6) is 0 Å². The Morgan fingerprint density at radius 3 is 1.66 bits per heavy atom. The smallest absolute Gasteiger partial charge is 0.0827 e. The molecule has 0 N–H and O–H groups in total. The second-order valence-corrected chi connectivity index (χ2v) is 17.2. The van der Waals surface area contributed by atoms with Crippen molar-refractivity contribution < 1.29 is 0 Å². The average molecular weight is 753 g/mol. The van der Waals surface area contributed by atoms with Crippen molar-refractivity contribution >= 4 is 28.2 Å². The third-order valence-electron chi connectivity index (χ3n) is 12.8. The van der Waals surface area contributed by atoms with Crippen LogP contribution >= 0.6 is 0 Å². The van der Waals surface area contributed by atoms with Gasteiger partial charge in [0.2, 0.25) is 0 Å². The van der Waals surface area contributed by atoms with Crippen molar-refractivity contribution in [1.29, 1.82) is 0 Å². The molecule has 286 valence electrons. The van der Waals surface area contributed by atoms with Gasteiger partial charge in [0.1, 0.15) is 0 Å². The van der Waals surface area contributed by atoms with Gasteiger partial charge in [0.25, 0.3) is 0 Å². The summed E-state index contributed by atoms with van der Waals surface area (Å²) in [5.74, 6) is 0.366. The van der Waals surface area contributed by atoms with Gasteiger partial charge >= 0.3 is 0 Å². The molecule has 1 aliphatic heterocycles. The lowest BCUT2D eigenvalue weighted by Gasteiger charge is -2.58. The summed E-state index contributed by atoms with van der Waals surface area (Å²) in [6, 6.07) is 59.3. The molecule has 0 radical (unpaired) electrons. The number of benzene rings is 6. The van der Waals surface area contributed by atoms with E-state index < -0.39 is 0 Å². The molecule has 0 amide bonds. The van der Waals surface area contributed by atoms with Crippen LogP contribution in [-0.2, 0) is 0 Å². The minimum atomic E-state index is -0.314. The third kappa shape index (κ3) is 6.47. The Bertz CT molecular complexity index is 2550. The predicted octanol–water partition coefficient (Wildman–Crippen LogP) is 14.6. The van der Waals surface area contributed by atoms with Crippen molar-refractivity contribution in [3.8, 4) is 11.1 Å². The van der Waals surface area contributed by atoms with Crippen LogP contribution in [0.1, 0.15) is 56.9 Å². The Morgan fingerprint density at radius 2 is 1.09 bits per heavy atom. The summed E-state index contributed by atoms with van der Waals surface area (Å²) in [5, 5.41) is 0. The van der Waals surface area contributed by atoms with Gasteiger partial charge in [-0.05, 0) is 102 Å². The number of anilines is 3. The van der Waals surface area contributed by atoms with Gasteiger partial charge in [0.15, 0.2) is 0 Å². The zero-order chi connectivity index (χ0) is 40.1. The number of hydrogen-bond acceptors (Lipinski definition) is 2. The minimum absolute atomic E-state index is 0.0312. The first-order valence-corrected chi connectivity index (χ1v) is 20.7. The van der Waals surface area contributed by atoms with Crippen molar-refractivity contribution in [3.63, 3.8) is 0 Å². The highest BCUT2D eigenvalue weighted by Crippen LogP contribution is 2.61. The van der Waals surface area contributed by atoms with E-state index in [-0.39, 0.29) is 16.4 Å². The summed E-state index contributed by atoms with van der Waals surface area (Å²) < 4.78 is 0. The molecule has 6 aromatic carbocycles.